The van der Waals surface area contributed by atoms with Gasteiger partial charge in [-0.15, -0.1) is 0 Å². The number of carbonyl (C=O) groups is 1. The number of ether oxygens (including phenoxy) is 1. The Balaban J connectivity index is 1.89. The predicted octanol–water partition coefficient (Wildman–Crippen LogP) is 4.56. The molecule has 4 rings (SSSR count). The number of rotatable bonds is 5. The molecule has 0 unspecified atom stereocenters. The summed E-state index contributed by atoms with van der Waals surface area (Å²) in [5, 5.41) is 6.79. The van der Waals surface area contributed by atoms with Gasteiger partial charge in [-0.05, 0) is 74.8 Å². The van der Waals surface area contributed by atoms with E-state index < -0.39 is 0 Å². The Morgan fingerprint density at radius 2 is 1.79 bits per heavy atom. The molecule has 2 aromatic carbocycles. The van der Waals surface area contributed by atoms with Crippen molar-refractivity contribution in [2.75, 3.05) is 19.5 Å². The molecular formula is C28H26N4O2. The first-order valence-electron chi connectivity index (χ1n) is 11.0. The third-order valence-electron chi connectivity index (χ3n) is 5.49. The number of amides is 1. The van der Waals surface area contributed by atoms with E-state index in [0.29, 0.717) is 17.3 Å². The van der Waals surface area contributed by atoms with Crippen LogP contribution in [0.4, 0.5) is 5.82 Å². The van der Waals surface area contributed by atoms with Crippen molar-refractivity contribution >= 4 is 22.6 Å². The maximum absolute atomic E-state index is 12.6. The van der Waals surface area contributed by atoms with Crippen molar-refractivity contribution in [3.05, 3.63) is 83.7 Å². The average Bonchev–Trinajstić information content (AvgIpc) is 2.86. The zero-order chi connectivity index (χ0) is 24.1. The third kappa shape index (κ3) is 5.06. The molecule has 1 amide bonds. The highest BCUT2D eigenvalue weighted by molar-refractivity contribution is 6.00. The number of benzene rings is 2. The number of likely N-dealkylation sites (N-methyl/N-ethyl adjacent to an activating group) is 1. The summed E-state index contributed by atoms with van der Waals surface area (Å²) in [5.74, 6) is 7.22. The third-order valence-corrected chi connectivity index (χ3v) is 5.49. The van der Waals surface area contributed by atoms with Gasteiger partial charge in [0.15, 0.2) is 0 Å². The predicted molar refractivity (Wildman–Crippen MR) is 136 cm³/mol. The van der Waals surface area contributed by atoms with Gasteiger partial charge in [-0.2, -0.15) is 0 Å². The van der Waals surface area contributed by atoms with E-state index in [1.165, 1.54) is 0 Å². The van der Waals surface area contributed by atoms with E-state index in [2.05, 4.69) is 32.4 Å². The maximum atomic E-state index is 12.6. The molecule has 0 radical (unpaired) electrons. The first-order valence-corrected chi connectivity index (χ1v) is 11.0. The highest BCUT2D eigenvalue weighted by Gasteiger charge is 2.16. The number of aromatic nitrogens is 2. The van der Waals surface area contributed by atoms with Crippen molar-refractivity contribution in [3.8, 4) is 28.7 Å². The van der Waals surface area contributed by atoms with Crippen molar-refractivity contribution in [2.24, 2.45) is 0 Å². The molecular weight excluding hydrogens is 424 g/mol. The normalized spacial score (nSPS) is 11.4. The van der Waals surface area contributed by atoms with Crippen molar-refractivity contribution in [2.45, 2.75) is 19.9 Å². The summed E-state index contributed by atoms with van der Waals surface area (Å²) in [4.78, 5) is 21.8. The number of hydrogen-bond acceptors (Lipinski definition) is 5. The molecule has 34 heavy (non-hydrogen) atoms. The number of anilines is 1. The topological polar surface area (TPSA) is 76.1 Å². The summed E-state index contributed by atoms with van der Waals surface area (Å²) in [5.41, 5.74) is 4.91. The standard InChI is InChI=1S/C28H26N4O2/c1-18-10-13-23-24(30-18)14-15-25(34-4)27(23)21-16-22(12-11-20-8-6-5-7-9-20)31-26(17-21)32-28(33)19(2)29-3/h5-10,13-17,19,29H,1-4H3,(H,31,32,33)/t19-/m1/s1. The van der Waals surface area contributed by atoms with E-state index in [9.17, 15) is 4.79 Å². The summed E-state index contributed by atoms with van der Waals surface area (Å²) in [6.07, 6.45) is 0. The summed E-state index contributed by atoms with van der Waals surface area (Å²) >= 11 is 0. The monoisotopic (exact) mass is 450 g/mol. The lowest BCUT2D eigenvalue weighted by molar-refractivity contribution is -0.117. The van der Waals surface area contributed by atoms with Gasteiger partial charge in [0.1, 0.15) is 17.3 Å². The van der Waals surface area contributed by atoms with Crippen molar-refractivity contribution in [1.29, 1.82) is 0 Å². The van der Waals surface area contributed by atoms with Crippen molar-refractivity contribution in [1.82, 2.24) is 15.3 Å². The SMILES string of the molecule is CN[C@H](C)C(=O)Nc1cc(-c2c(OC)ccc3nc(C)ccc23)cc(C#Cc2ccccc2)n1. The van der Waals surface area contributed by atoms with Crippen LogP contribution in [0, 0.1) is 18.8 Å². The molecule has 2 heterocycles. The number of nitrogens with zero attached hydrogens (tertiary/aromatic N) is 2. The van der Waals surface area contributed by atoms with Gasteiger partial charge in [0, 0.05) is 22.2 Å². The zero-order valence-electron chi connectivity index (χ0n) is 19.6. The number of fused-ring (bicyclic) bond motifs is 1. The Labute approximate surface area is 199 Å². The quantitative estimate of drug-likeness (QED) is 0.436. The van der Waals surface area contributed by atoms with Crippen LogP contribution >= 0.6 is 0 Å². The van der Waals surface area contributed by atoms with Gasteiger partial charge in [0.25, 0.3) is 0 Å². The van der Waals surface area contributed by atoms with Gasteiger partial charge in [-0.3, -0.25) is 9.78 Å². The van der Waals surface area contributed by atoms with Crippen molar-refractivity contribution in [3.63, 3.8) is 0 Å². The number of hydrogen-bond donors (Lipinski definition) is 2. The van der Waals surface area contributed by atoms with E-state index in [4.69, 9.17) is 4.74 Å². The van der Waals surface area contributed by atoms with Gasteiger partial charge in [-0.1, -0.05) is 30.2 Å². The van der Waals surface area contributed by atoms with Crippen LogP contribution in [-0.2, 0) is 4.79 Å². The lowest BCUT2D eigenvalue weighted by Gasteiger charge is -2.15. The Morgan fingerprint density at radius 1 is 1.00 bits per heavy atom. The molecule has 0 aliphatic carbocycles. The molecule has 4 aromatic rings. The fourth-order valence-corrected chi connectivity index (χ4v) is 3.58. The highest BCUT2D eigenvalue weighted by atomic mass is 16.5. The maximum Gasteiger partial charge on any atom is 0.242 e. The molecule has 0 aliphatic rings. The molecule has 0 fully saturated rings. The molecule has 0 aliphatic heterocycles. The van der Waals surface area contributed by atoms with E-state index >= 15 is 0 Å². The summed E-state index contributed by atoms with van der Waals surface area (Å²) in [6.45, 7) is 3.75. The molecule has 2 N–H and O–H groups in total. The minimum Gasteiger partial charge on any atom is -0.496 e. The van der Waals surface area contributed by atoms with Gasteiger partial charge >= 0.3 is 0 Å². The van der Waals surface area contributed by atoms with Crippen LogP contribution in [0.15, 0.2) is 66.7 Å². The Bertz CT molecular complexity index is 1400. The van der Waals surface area contributed by atoms with Crippen molar-refractivity contribution < 1.29 is 9.53 Å². The van der Waals surface area contributed by atoms with Gasteiger partial charge < -0.3 is 15.4 Å². The van der Waals surface area contributed by atoms with Gasteiger partial charge in [0.05, 0.1) is 18.7 Å². The number of nitrogens with one attached hydrogen (secondary N) is 2. The number of aryl methyl sites for hydroxylation is 1. The molecule has 0 spiro atoms. The Kier molecular flexibility index (Phi) is 6.86. The van der Waals surface area contributed by atoms with Crippen LogP contribution in [0.3, 0.4) is 0 Å². The largest absolute Gasteiger partial charge is 0.496 e. The lowest BCUT2D eigenvalue weighted by Crippen LogP contribution is -2.35. The second-order valence-corrected chi connectivity index (χ2v) is 7.90. The molecule has 1 atom stereocenters. The zero-order valence-corrected chi connectivity index (χ0v) is 19.6. The van der Waals surface area contributed by atoms with Gasteiger partial charge in [0.2, 0.25) is 5.91 Å². The molecule has 6 heteroatoms. The second-order valence-electron chi connectivity index (χ2n) is 7.90. The summed E-state index contributed by atoms with van der Waals surface area (Å²) in [7, 11) is 3.38. The van der Waals surface area contributed by atoms with Crippen LogP contribution in [-0.4, -0.2) is 36.1 Å². The van der Waals surface area contributed by atoms with Crippen LogP contribution in [0.5, 0.6) is 5.75 Å². The first-order chi connectivity index (χ1) is 16.5. The summed E-state index contributed by atoms with van der Waals surface area (Å²) < 4.78 is 5.70. The van der Waals surface area contributed by atoms with E-state index in [0.717, 1.165) is 33.3 Å². The van der Waals surface area contributed by atoms with Crippen LogP contribution in [0.2, 0.25) is 0 Å². The fourth-order valence-electron chi connectivity index (χ4n) is 3.58. The molecule has 0 saturated heterocycles. The van der Waals surface area contributed by atoms with E-state index in [1.807, 2.05) is 73.7 Å². The Hall–Kier alpha value is -4.21. The number of carbonyl (C=O) groups excluding carboxylic acids is 1. The second kappa shape index (κ2) is 10.2. The first kappa shape index (κ1) is 23.0. The smallest absolute Gasteiger partial charge is 0.242 e. The molecule has 0 bridgehead atoms. The average molecular weight is 451 g/mol. The summed E-state index contributed by atoms with van der Waals surface area (Å²) in [6, 6.07) is 20.9. The minimum absolute atomic E-state index is 0.184. The molecule has 6 nitrogen and oxygen atoms in total. The highest BCUT2D eigenvalue weighted by Crippen LogP contribution is 2.37. The number of methoxy groups -OCH3 is 1. The molecule has 170 valence electrons. The van der Waals surface area contributed by atoms with Crippen LogP contribution < -0.4 is 15.4 Å². The minimum atomic E-state index is -0.372. The number of pyridine rings is 2. The van der Waals surface area contributed by atoms with E-state index in [-0.39, 0.29) is 11.9 Å². The molecule has 0 saturated carbocycles. The molecule has 2 aromatic heterocycles. The van der Waals surface area contributed by atoms with Crippen LogP contribution in [0.25, 0.3) is 22.0 Å². The van der Waals surface area contributed by atoms with Gasteiger partial charge in [-0.25, -0.2) is 4.98 Å². The Morgan fingerprint density at radius 3 is 2.53 bits per heavy atom. The van der Waals surface area contributed by atoms with Crippen LogP contribution in [0.1, 0.15) is 23.9 Å². The fraction of sp³-hybridized carbons (Fsp3) is 0.179. The lowest BCUT2D eigenvalue weighted by atomic mass is 9.98. The van der Waals surface area contributed by atoms with E-state index in [1.54, 1.807) is 21.1 Å².